The topological polar surface area (TPSA) is 165 Å². The minimum Gasteiger partial charge on any atom is -0.394 e. The van der Waals surface area contributed by atoms with E-state index in [1.165, 1.54) is 0 Å². The van der Waals surface area contributed by atoms with Crippen LogP contribution in [-0.2, 0) is 14.3 Å². The van der Waals surface area contributed by atoms with Crippen molar-refractivity contribution < 1.29 is 34.7 Å². The van der Waals surface area contributed by atoms with E-state index in [2.05, 4.69) is 10.0 Å². The molecule has 5 atom stereocenters. The van der Waals surface area contributed by atoms with Gasteiger partial charge in [-0.15, -0.1) is 0 Å². The SMILES string of the molecule is [N-]=[N+]=NC(=O)CCCCCCCCO[C@@H]1O[C@H](CO)[C@@H](O)[C@H](O)[C@@H]1O. The van der Waals surface area contributed by atoms with Crippen LogP contribution >= 0.6 is 0 Å². The molecule has 0 aromatic heterocycles. The molecular weight excluding hydrogens is 334 g/mol. The van der Waals surface area contributed by atoms with Crippen molar-refractivity contribution in [1.82, 2.24) is 0 Å². The maximum atomic E-state index is 11.0. The number of unbranched alkanes of at least 4 members (excludes halogenated alkanes) is 5. The highest BCUT2D eigenvalue weighted by Crippen LogP contribution is 2.22. The number of azide groups is 1. The van der Waals surface area contributed by atoms with E-state index in [4.69, 9.17) is 20.1 Å². The van der Waals surface area contributed by atoms with E-state index in [0.717, 1.165) is 32.1 Å². The lowest BCUT2D eigenvalue weighted by molar-refractivity contribution is -0.301. The number of hydrogen-bond acceptors (Lipinski definition) is 7. The van der Waals surface area contributed by atoms with Crippen molar-refractivity contribution in [3.05, 3.63) is 10.4 Å². The molecule has 1 heterocycles. The number of aliphatic hydroxyl groups excluding tert-OH is 4. The van der Waals surface area contributed by atoms with E-state index in [9.17, 15) is 20.1 Å². The van der Waals surface area contributed by atoms with Crippen molar-refractivity contribution in [2.24, 2.45) is 5.11 Å². The minimum atomic E-state index is -1.43. The quantitative estimate of drug-likeness (QED) is 0.178. The second-order valence-corrected chi connectivity index (χ2v) is 6.02. The fraction of sp³-hybridized carbons (Fsp3) is 0.933. The summed E-state index contributed by atoms with van der Waals surface area (Å²) in [5.74, 6) is -0.435. The average molecular weight is 361 g/mol. The van der Waals surface area contributed by atoms with E-state index in [1.54, 1.807) is 0 Å². The van der Waals surface area contributed by atoms with Gasteiger partial charge in [-0.05, 0) is 23.5 Å². The summed E-state index contributed by atoms with van der Waals surface area (Å²) >= 11 is 0. The average Bonchev–Trinajstić information content (AvgIpc) is 2.60. The van der Waals surface area contributed by atoms with Crippen LogP contribution in [0.3, 0.4) is 0 Å². The number of hydrogen-bond donors (Lipinski definition) is 4. The molecule has 1 aliphatic rings. The Labute approximate surface area is 146 Å². The fourth-order valence-corrected chi connectivity index (χ4v) is 2.59. The summed E-state index contributed by atoms with van der Waals surface area (Å²) in [6.45, 7) is -0.162. The Morgan fingerprint density at radius 1 is 1.04 bits per heavy atom. The Balaban J connectivity index is 2.07. The monoisotopic (exact) mass is 361 g/mol. The smallest absolute Gasteiger partial charge is 0.218 e. The lowest BCUT2D eigenvalue weighted by Gasteiger charge is -2.39. The van der Waals surface area contributed by atoms with Gasteiger partial charge in [0.2, 0.25) is 5.91 Å². The first kappa shape index (κ1) is 21.8. The molecule has 0 saturated carbocycles. The van der Waals surface area contributed by atoms with Crippen LogP contribution in [0.4, 0.5) is 0 Å². The minimum absolute atomic E-state index is 0.268. The van der Waals surface area contributed by atoms with Gasteiger partial charge in [-0.3, -0.25) is 4.79 Å². The van der Waals surface area contributed by atoms with E-state index in [0.29, 0.717) is 13.0 Å². The molecule has 0 aromatic carbocycles. The van der Waals surface area contributed by atoms with Gasteiger partial charge in [-0.2, -0.15) is 0 Å². The van der Waals surface area contributed by atoms with Gasteiger partial charge >= 0.3 is 0 Å². The second kappa shape index (κ2) is 12.2. The van der Waals surface area contributed by atoms with Crippen LogP contribution in [0.25, 0.3) is 10.4 Å². The first-order valence-electron chi connectivity index (χ1n) is 8.51. The zero-order valence-electron chi connectivity index (χ0n) is 14.1. The number of carbonyl (C=O) groups is 1. The lowest BCUT2D eigenvalue weighted by atomic mass is 9.99. The van der Waals surface area contributed by atoms with Crippen molar-refractivity contribution in [3.63, 3.8) is 0 Å². The van der Waals surface area contributed by atoms with Crippen LogP contribution < -0.4 is 0 Å². The summed E-state index contributed by atoms with van der Waals surface area (Å²) in [5, 5.41) is 41.2. The highest BCUT2D eigenvalue weighted by atomic mass is 16.7. The second-order valence-electron chi connectivity index (χ2n) is 6.02. The van der Waals surface area contributed by atoms with Crippen LogP contribution in [0.5, 0.6) is 0 Å². The molecular formula is C15H27N3O7. The van der Waals surface area contributed by atoms with Crippen LogP contribution in [0, 0.1) is 0 Å². The maximum Gasteiger partial charge on any atom is 0.218 e. The van der Waals surface area contributed by atoms with Gasteiger partial charge in [0.05, 0.1) is 6.61 Å². The Morgan fingerprint density at radius 3 is 2.32 bits per heavy atom. The zero-order valence-corrected chi connectivity index (χ0v) is 14.1. The van der Waals surface area contributed by atoms with E-state index >= 15 is 0 Å². The zero-order chi connectivity index (χ0) is 18.7. The summed E-state index contributed by atoms with van der Waals surface area (Å²) in [5.41, 5.74) is 8.09. The van der Waals surface area contributed by atoms with E-state index < -0.39 is 43.2 Å². The summed E-state index contributed by atoms with van der Waals surface area (Å²) in [4.78, 5) is 13.4. The molecule has 1 aliphatic heterocycles. The molecule has 10 heteroatoms. The molecule has 1 fully saturated rings. The molecule has 1 saturated heterocycles. The third kappa shape index (κ3) is 7.66. The standard InChI is InChI=1S/C15H27N3O7/c16-18-17-11(20)7-5-3-1-2-4-6-8-24-15-14(23)13(22)12(21)10(9-19)25-15/h10,12-15,19,21-23H,1-9H2/t10-,12-,13+,14+,15-/m1/s1. The number of nitrogens with zero attached hydrogens (tertiary/aromatic N) is 3. The van der Waals surface area contributed by atoms with Crippen molar-refractivity contribution in [2.45, 2.75) is 75.7 Å². The number of rotatable bonds is 11. The first-order chi connectivity index (χ1) is 12.0. The number of amides is 1. The van der Waals surface area contributed by atoms with Crippen LogP contribution in [0.2, 0.25) is 0 Å². The van der Waals surface area contributed by atoms with E-state index in [1.807, 2.05) is 0 Å². The summed E-state index contributed by atoms with van der Waals surface area (Å²) in [6.07, 6.45) is -0.866. The molecule has 0 aliphatic carbocycles. The van der Waals surface area contributed by atoms with Gasteiger partial charge in [0.25, 0.3) is 0 Å². The molecule has 0 spiro atoms. The molecule has 0 radical (unpaired) electrons. The molecule has 0 bridgehead atoms. The van der Waals surface area contributed by atoms with Gasteiger partial charge in [0.15, 0.2) is 6.29 Å². The van der Waals surface area contributed by atoms with Gasteiger partial charge in [0, 0.05) is 17.9 Å². The Kier molecular flexibility index (Phi) is 10.6. The van der Waals surface area contributed by atoms with Gasteiger partial charge < -0.3 is 29.9 Å². The Bertz CT molecular complexity index is 443. The molecule has 25 heavy (non-hydrogen) atoms. The van der Waals surface area contributed by atoms with Crippen molar-refractivity contribution in [2.75, 3.05) is 13.2 Å². The van der Waals surface area contributed by atoms with Crippen molar-refractivity contribution in [1.29, 1.82) is 0 Å². The van der Waals surface area contributed by atoms with Crippen LogP contribution in [0.15, 0.2) is 5.11 Å². The number of ether oxygens (including phenoxy) is 2. The van der Waals surface area contributed by atoms with Gasteiger partial charge in [-0.25, -0.2) is 0 Å². The molecule has 0 aromatic rings. The number of carbonyl (C=O) groups excluding carboxylic acids is 1. The first-order valence-corrected chi connectivity index (χ1v) is 8.51. The normalized spacial score (nSPS) is 29.2. The summed E-state index contributed by atoms with van der Waals surface area (Å²) in [7, 11) is 0. The van der Waals surface area contributed by atoms with E-state index in [-0.39, 0.29) is 6.42 Å². The molecule has 4 N–H and O–H groups in total. The number of aliphatic hydroxyl groups is 4. The molecule has 0 unspecified atom stereocenters. The molecule has 144 valence electrons. The van der Waals surface area contributed by atoms with Crippen LogP contribution in [-0.4, -0.2) is 70.3 Å². The predicted octanol–water partition coefficient (Wildman–Crippen LogP) is 0.370. The predicted molar refractivity (Wildman–Crippen MR) is 86.2 cm³/mol. The highest BCUT2D eigenvalue weighted by Gasteiger charge is 2.43. The van der Waals surface area contributed by atoms with Gasteiger partial charge in [-0.1, -0.05) is 25.7 Å². The lowest BCUT2D eigenvalue weighted by Crippen LogP contribution is -2.59. The largest absolute Gasteiger partial charge is 0.394 e. The molecule has 1 rings (SSSR count). The third-order valence-corrected chi connectivity index (χ3v) is 4.07. The Hall–Kier alpha value is -1.26. The van der Waals surface area contributed by atoms with Gasteiger partial charge in [0.1, 0.15) is 24.4 Å². The third-order valence-electron chi connectivity index (χ3n) is 4.07. The highest BCUT2D eigenvalue weighted by molar-refractivity contribution is 5.76. The maximum absolute atomic E-state index is 11.0. The summed E-state index contributed by atoms with van der Waals surface area (Å²) in [6, 6.07) is 0. The Morgan fingerprint density at radius 2 is 1.68 bits per heavy atom. The molecule has 10 nitrogen and oxygen atoms in total. The molecule has 1 amide bonds. The summed E-state index contributed by atoms with van der Waals surface area (Å²) < 4.78 is 10.6. The van der Waals surface area contributed by atoms with Crippen molar-refractivity contribution >= 4 is 5.91 Å². The van der Waals surface area contributed by atoms with Crippen molar-refractivity contribution in [3.8, 4) is 0 Å². The van der Waals surface area contributed by atoms with Crippen LogP contribution in [0.1, 0.15) is 44.9 Å². The fourth-order valence-electron chi connectivity index (χ4n) is 2.59.